The molecular formula is C18H13ClFNO. The van der Waals surface area contributed by atoms with Gasteiger partial charge in [-0.15, -0.1) is 0 Å². The Morgan fingerprint density at radius 1 is 0.955 bits per heavy atom. The van der Waals surface area contributed by atoms with Crippen LogP contribution in [0.15, 0.2) is 71.7 Å². The van der Waals surface area contributed by atoms with Crippen molar-refractivity contribution in [2.45, 2.75) is 6.54 Å². The predicted octanol–water partition coefficient (Wildman–Crippen LogP) is 4.36. The third-order valence-corrected chi connectivity index (χ3v) is 3.68. The Labute approximate surface area is 132 Å². The number of hydrogen-bond donors (Lipinski definition) is 0. The lowest BCUT2D eigenvalue weighted by atomic mass is 10.1. The van der Waals surface area contributed by atoms with Gasteiger partial charge in [0.2, 0.25) is 0 Å². The highest BCUT2D eigenvalue weighted by Gasteiger charge is 2.06. The van der Waals surface area contributed by atoms with E-state index >= 15 is 0 Å². The lowest BCUT2D eigenvalue weighted by molar-refractivity contribution is 0.596. The van der Waals surface area contributed by atoms with Crippen molar-refractivity contribution in [1.82, 2.24) is 4.57 Å². The number of aromatic nitrogens is 1. The van der Waals surface area contributed by atoms with Crippen molar-refractivity contribution < 1.29 is 4.39 Å². The molecule has 0 N–H and O–H groups in total. The minimum atomic E-state index is -0.412. The van der Waals surface area contributed by atoms with Gasteiger partial charge in [-0.1, -0.05) is 48.0 Å². The van der Waals surface area contributed by atoms with E-state index in [4.69, 9.17) is 11.6 Å². The Morgan fingerprint density at radius 2 is 1.73 bits per heavy atom. The quantitative estimate of drug-likeness (QED) is 0.704. The zero-order chi connectivity index (χ0) is 15.5. The first-order valence-corrected chi connectivity index (χ1v) is 7.21. The van der Waals surface area contributed by atoms with E-state index in [1.165, 1.54) is 16.7 Å². The van der Waals surface area contributed by atoms with Crippen molar-refractivity contribution in [1.29, 1.82) is 0 Å². The average Bonchev–Trinajstić information content (AvgIpc) is 2.53. The monoisotopic (exact) mass is 313 g/mol. The molecule has 0 saturated heterocycles. The third kappa shape index (κ3) is 3.10. The average molecular weight is 314 g/mol. The van der Waals surface area contributed by atoms with Crippen LogP contribution in [0.25, 0.3) is 11.1 Å². The van der Waals surface area contributed by atoms with Gasteiger partial charge in [0.15, 0.2) is 0 Å². The summed E-state index contributed by atoms with van der Waals surface area (Å²) in [6.07, 6.45) is 1.74. The van der Waals surface area contributed by atoms with Gasteiger partial charge < -0.3 is 4.57 Å². The molecule has 0 bridgehead atoms. The Kier molecular flexibility index (Phi) is 4.07. The molecule has 0 amide bonds. The molecule has 0 aliphatic heterocycles. The normalized spacial score (nSPS) is 10.6. The molecule has 0 aliphatic carbocycles. The second-order valence-electron chi connectivity index (χ2n) is 4.99. The lowest BCUT2D eigenvalue weighted by Crippen LogP contribution is -2.19. The largest absolute Gasteiger partial charge is 0.310 e. The van der Waals surface area contributed by atoms with Gasteiger partial charge >= 0.3 is 0 Å². The summed E-state index contributed by atoms with van der Waals surface area (Å²) in [4.78, 5) is 12.0. The molecule has 0 saturated carbocycles. The SMILES string of the molecule is O=c1ccc(-c2ccccc2)cn1Cc1ccc(Cl)cc1F. The van der Waals surface area contributed by atoms with Crippen LogP contribution >= 0.6 is 11.6 Å². The lowest BCUT2D eigenvalue weighted by Gasteiger charge is -2.09. The second kappa shape index (κ2) is 6.16. The molecule has 0 fully saturated rings. The fourth-order valence-corrected chi connectivity index (χ4v) is 2.45. The van der Waals surface area contributed by atoms with Crippen LogP contribution in [0.2, 0.25) is 5.02 Å². The van der Waals surface area contributed by atoms with E-state index in [-0.39, 0.29) is 12.1 Å². The van der Waals surface area contributed by atoms with Gasteiger partial charge in [-0.25, -0.2) is 4.39 Å². The molecule has 0 unspecified atom stereocenters. The predicted molar refractivity (Wildman–Crippen MR) is 86.7 cm³/mol. The number of halogens is 2. The van der Waals surface area contributed by atoms with Crippen molar-refractivity contribution in [3.05, 3.63) is 93.6 Å². The van der Waals surface area contributed by atoms with E-state index in [2.05, 4.69) is 0 Å². The zero-order valence-electron chi connectivity index (χ0n) is 11.7. The van der Waals surface area contributed by atoms with E-state index in [0.717, 1.165) is 11.1 Å². The number of hydrogen-bond acceptors (Lipinski definition) is 1. The van der Waals surface area contributed by atoms with Gasteiger partial charge in [-0.05, 0) is 29.3 Å². The first-order chi connectivity index (χ1) is 10.6. The fourth-order valence-electron chi connectivity index (χ4n) is 2.29. The molecule has 3 rings (SSSR count). The first-order valence-electron chi connectivity index (χ1n) is 6.83. The Morgan fingerprint density at radius 3 is 2.45 bits per heavy atom. The van der Waals surface area contributed by atoms with Crippen LogP contribution in [-0.2, 0) is 6.54 Å². The molecular weight excluding hydrogens is 301 g/mol. The standard InChI is InChI=1S/C18H13ClFNO/c19-16-8-6-15(17(20)10-16)12-21-11-14(7-9-18(21)22)13-4-2-1-3-5-13/h1-11H,12H2. The summed E-state index contributed by atoms with van der Waals surface area (Å²) in [6, 6.07) is 17.5. The molecule has 3 aromatic rings. The Hall–Kier alpha value is -2.39. The summed E-state index contributed by atoms with van der Waals surface area (Å²) in [5.74, 6) is -0.412. The summed E-state index contributed by atoms with van der Waals surface area (Å²) >= 11 is 5.75. The molecule has 1 aromatic heterocycles. The minimum absolute atomic E-state index is 0.169. The van der Waals surface area contributed by atoms with Gasteiger partial charge in [0.25, 0.3) is 5.56 Å². The van der Waals surface area contributed by atoms with Gasteiger partial charge in [-0.2, -0.15) is 0 Å². The van der Waals surface area contributed by atoms with E-state index in [1.807, 2.05) is 30.3 Å². The van der Waals surface area contributed by atoms with Crippen LogP contribution in [0.1, 0.15) is 5.56 Å². The van der Waals surface area contributed by atoms with Crippen LogP contribution in [0.5, 0.6) is 0 Å². The summed E-state index contributed by atoms with van der Waals surface area (Å²) in [6.45, 7) is 0.169. The van der Waals surface area contributed by atoms with Crippen molar-refractivity contribution in [2.24, 2.45) is 0 Å². The molecule has 0 aliphatic rings. The van der Waals surface area contributed by atoms with Crippen molar-refractivity contribution >= 4 is 11.6 Å². The Balaban J connectivity index is 1.99. The highest BCUT2D eigenvalue weighted by Crippen LogP contribution is 2.19. The van der Waals surface area contributed by atoms with Crippen LogP contribution in [0, 0.1) is 5.82 Å². The van der Waals surface area contributed by atoms with Gasteiger partial charge in [-0.3, -0.25) is 4.79 Å². The summed E-state index contributed by atoms with van der Waals surface area (Å²) in [5.41, 5.74) is 2.17. The number of pyridine rings is 1. The van der Waals surface area contributed by atoms with E-state index in [0.29, 0.717) is 10.6 Å². The summed E-state index contributed by atoms with van der Waals surface area (Å²) in [5, 5.41) is 0.339. The Bertz CT molecular complexity index is 858. The molecule has 0 atom stereocenters. The molecule has 4 heteroatoms. The fraction of sp³-hybridized carbons (Fsp3) is 0.0556. The van der Waals surface area contributed by atoms with E-state index in [9.17, 15) is 9.18 Å². The van der Waals surface area contributed by atoms with Crippen molar-refractivity contribution in [3.63, 3.8) is 0 Å². The van der Waals surface area contributed by atoms with Gasteiger partial charge in [0.1, 0.15) is 5.82 Å². The van der Waals surface area contributed by atoms with Gasteiger partial charge in [0, 0.05) is 22.8 Å². The number of nitrogens with zero attached hydrogens (tertiary/aromatic N) is 1. The zero-order valence-corrected chi connectivity index (χ0v) is 12.4. The van der Waals surface area contributed by atoms with Crippen LogP contribution in [0.4, 0.5) is 4.39 Å². The van der Waals surface area contributed by atoms with Gasteiger partial charge in [0.05, 0.1) is 6.54 Å². The molecule has 0 radical (unpaired) electrons. The molecule has 2 aromatic carbocycles. The molecule has 1 heterocycles. The smallest absolute Gasteiger partial charge is 0.250 e. The van der Waals surface area contributed by atoms with Crippen LogP contribution < -0.4 is 5.56 Å². The molecule has 22 heavy (non-hydrogen) atoms. The summed E-state index contributed by atoms with van der Waals surface area (Å²) < 4.78 is 15.4. The topological polar surface area (TPSA) is 22.0 Å². The maximum Gasteiger partial charge on any atom is 0.250 e. The van der Waals surface area contributed by atoms with Crippen LogP contribution in [-0.4, -0.2) is 4.57 Å². The molecule has 110 valence electrons. The third-order valence-electron chi connectivity index (χ3n) is 3.45. The van der Waals surface area contributed by atoms with E-state index in [1.54, 1.807) is 24.4 Å². The first kappa shape index (κ1) is 14.5. The number of rotatable bonds is 3. The summed E-state index contributed by atoms with van der Waals surface area (Å²) in [7, 11) is 0. The molecule has 2 nitrogen and oxygen atoms in total. The number of benzene rings is 2. The van der Waals surface area contributed by atoms with E-state index < -0.39 is 5.82 Å². The maximum atomic E-state index is 13.9. The second-order valence-corrected chi connectivity index (χ2v) is 5.42. The minimum Gasteiger partial charge on any atom is -0.310 e. The molecule has 0 spiro atoms. The maximum absolute atomic E-state index is 13.9. The van der Waals surface area contributed by atoms with Crippen LogP contribution in [0.3, 0.4) is 0 Å². The van der Waals surface area contributed by atoms with Crippen molar-refractivity contribution in [3.8, 4) is 11.1 Å². The highest BCUT2D eigenvalue weighted by molar-refractivity contribution is 6.30. The van der Waals surface area contributed by atoms with Crippen molar-refractivity contribution in [2.75, 3.05) is 0 Å². The highest BCUT2D eigenvalue weighted by atomic mass is 35.5.